The third kappa shape index (κ3) is 3.24. The summed E-state index contributed by atoms with van der Waals surface area (Å²) < 4.78 is 0. The van der Waals surface area contributed by atoms with Gasteiger partial charge in [0.05, 0.1) is 0 Å². The van der Waals surface area contributed by atoms with Gasteiger partial charge in [0.2, 0.25) is 0 Å². The van der Waals surface area contributed by atoms with E-state index in [1.165, 1.54) is 38.8 Å². The molecule has 0 amide bonds. The fraction of sp³-hybridized carbons (Fsp3) is 0.588. The van der Waals surface area contributed by atoms with Crippen molar-refractivity contribution in [3.05, 3.63) is 35.9 Å². The Kier molecular flexibility index (Phi) is 3.97. The maximum absolute atomic E-state index is 12.1. The molecule has 0 unspecified atom stereocenters. The number of fused-ring (bicyclic) bond motifs is 2. The number of carbonyl (C=O) groups is 1. The van der Waals surface area contributed by atoms with Gasteiger partial charge >= 0.3 is 0 Å². The summed E-state index contributed by atoms with van der Waals surface area (Å²) in [5.74, 6) is 2.16. The van der Waals surface area contributed by atoms with Crippen LogP contribution in [0.4, 0.5) is 0 Å². The highest BCUT2D eigenvalue weighted by molar-refractivity contribution is 5.96. The SMILES string of the molecule is O=C(CCN1CC[C@@H]2CC[C@@H](C2)C1)c1ccccc1. The van der Waals surface area contributed by atoms with Crippen LogP contribution in [0.3, 0.4) is 0 Å². The van der Waals surface area contributed by atoms with Crippen LogP contribution in [0.25, 0.3) is 0 Å². The molecule has 0 aromatic heterocycles. The number of carbonyl (C=O) groups excluding carboxylic acids is 1. The molecule has 2 aliphatic rings. The molecular weight excluding hydrogens is 234 g/mol. The first-order valence-corrected chi connectivity index (χ1v) is 7.62. The molecule has 2 heteroatoms. The first kappa shape index (κ1) is 12.9. The number of hydrogen-bond donors (Lipinski definition) is 0. The first-order valence-electron chi connectivity index (χ1n) is 7.62. The molecule has 2 bridgehead atoms. The van der Waals surface area contributed by atoms with Crippen LogP contribution in [-0.2, 0) is 0 Å². The van der Waals surface area contributed by atoms with Crippen molar-refractivity contribution in [1.82, 2.24) is 4.90 Å². The van der Waals surface area contributed by atoms with E-state index < -0.39 is 0 Å². The highest BCUT2D eigenvalue weighted by Crippen LogP contribution is 2.36. The summed E-state index contributed by atoms with van der Waals surface area (Å²) in [4.78, 5) is 14.6. The summed E-state index contributed by atoms with van der Waals surface area (Å²) in [5.41, 5.74) is 0.860. The fourth-order valence-corrected chi connectivity index (χ4v) is 3.66. The highest BCUT2D eigenvalue weighted by atomic mass is 16.1. The Balaban J connectivity index is 1.51. The van der Waals surface area contributed by atoms with Crippen LogP contribution >= 0.6 is 0 Å². The van der Waals surface area contributed by atoms with Gasteiger partial charge in [0, 0.05) is 25.1 Å². The Bertz CT molecular complexity index is 428. The second kappa shape index (κ2) is 5.87. The molecule has 1 saturated carbocycles. The van der Waals surface area contributed by atoms with Gasteiger partial charge in [0.15, 0.2) is 5.78 Å². The number of likely N-dealkylation sites (tertiary alicyclic amines) is 1. The minimum atomic E-state index is 0.287. The molecule has 2 nitrogen and oxygen atoms in total. The number of benzene rings is 1. The van der Waals surface area contributed by atoms with Crippen LogP contribution in [-0.4, -0.2) is 30.3 Å². The van der Waals surface area contributed by atoms with Crippen molar-refractivity contribution in [2.45, 2.75) is 32.1 Å². The van der Waals surface area contributed by atoms with Crippen LogP contribution in [0.5, 0.6) is 0 Å². The van der Waals surface area contributed by atoms with E-state index in [1.807, 2.05) is 30.3 Å². The second-order valence-electron chi connectivity index (χ2n) is 6.17. The predicted molar refractivity (Wildman–Crippen MR) is 77.3 cm³/mol. The summed E-state index contributed by atoms with van der Waals surface area (Å²) in [6.07, 6.45) is 6.30. The van der Waals surface area contributed by atoms with Crippen molar-refractivity contribution in [2.75, 3.05) is 19.6 Å². The molecule has 1 heterocycles. The molecule has 1 aromatic rings. The smallest absolute Gasteiger partial charge is 0.164 e. The lowest BCUT2D eigenvalue weighted by atomic mass is 10.0. The molecule has 1 aliphatic carbocycles. The van der Waals surface area contributed by atoms with E-state index in [-0.39, 0.29) is 5.78 Å². The average molecular weight is 257 g/mol. The molecule has 19 heavy (non-hydrogen) atoms. The Morgan fingerprint density at radius 1 is 1.11 bits per heavy atom. The number of hydrogen-bond acceptors (Lipinski definition) is 2. The summed E-state index contributed by atoms with van der Waals surface area (Å²) >= 11 is 0. The van der Waals surface area contributed by atoms with Gasteiger partial charge in [-0.2, -0.15) is 0 Å². The van der Waals surface area contributed by atoms with Crippen molar-refractivity contribution >= 4 is 5.78 Å². The molecule has 0 N–H and O–H groups in total. The Labute approximate surface area is 115 Å². The minimum absolute atomic E-state index is 0.287. The van der Waals surface area contributed by atoms with Gasteiger partial charge in [-0.3, -0.25) is 4.79 Å². The van der Waals surface area contributed by atoms with Crippen molar-refractivity contribution in [1.29, 1.82) is 0 Å². The van der Waals surface area contributed by atoms with Crippen molar-refractivity contribution in [2.24, 2.45) is 11.8 Å². The van der Waals surface area contributed by atoms with Crippen LogP contribution in [0.2, 0.25) is 0 Å². The van der Waals surface area contributed by atoms with Crippen LogP contribution in [0.1, 0.15) is 42.5 Å². The molecule has 3 rings (SSSR count). The van der Waals surface area contributed by atoms with Crippen molar-refractivity contribution < 1.29 is 4.79 Å². The third-order valence-electron chi connectivity index (χ3n) is 4.77. The zero-order valence-corrected chi connectivity index (χ0v) is 11.6. The second-order valence-corrected chi connectivity index (χ2v) is 6.17. The molecule has 2 fully saturated rings. The Morgan fingerprint density at radius 2 is 1.89 bits per heavy atom. The first-order chi connectivity index (χ1) is 9.31. The predicted octanol–water partition coefficient (Wildman–Crippen LogP) is 3.38. The monoisotopic (exact) mass is 257 g/mol. The van der Waals surface area contributed by atoms with Gasteiger partial charge in [-0.1, -0.05) is 36.8 Å². The van der Waals surface area contributed by atoms with E-state index in [1.54, 1.807) is 0 Å². The van der Waals surface area contributed by atoms with Gasteiger partial charge < -0.3 is 4.90 Å². The topological polar surface area (TPSA) is 20.3 Å². The van der Waals surface area contributed by atoms with E-state index in [9.17, 15) is 4.79 Å². The van der Waals surface area contributed by atoms with Gasteiger partial charge in [0.1, 0.15) is 0 Å². The lowest BCUT2D eigenvalue weighted by molar-refractivity contribution is 0.0960. The van der Waals surface area contributed by atoms with Gasteiger partial charge in [-0.15, -0.1) is 0 Å². The highest BCUT2D eigenvalue weighted by Gasteiger charge is 2.29. The Morgan fingerprint density at radius 3 is 2.74 bits per heavy atom. The normalized spacial score (nSPS) is 27.2. The van der Waals surface area contributed by atoms with Crippen LogP contribution in [0, 0.1) is 11.8 Å². The molecule has 102 valence electrons. The maximum atomic E-state index is 12.1. The van der Waals surface area contributed by atoms with E-state index in [0.29, 0.717) is 6.42 Å². The zero-order valence-electron chi connectivity index (χ0n) is 11.6. The Hall–Kier alpha value is -1.15. The standard InChI is InChI=1S/C17H23NO/c19-17(16-4-2-1-3-5-16)9-11-18-10-8-14-6-7-15(12-14)13-18/h1-5,14-15H,6-13H2/t14-,15-/m0/s1. The molecule has 0 radical (unpaired) electrons. The van der Waals surface area contributed by atoms with Crippen molar-refractivity contribution in [3.8, 4) is 0 Å². The van der Waals surface area contributed by atoms with Gasteiger partial charge in [-0.25, -0.2) is 0 Å². The summed E-state index contributed by atoms with van der Waals surface area (Å²) in [6, 6.07) is 9.69. The summed E-state index contributed by atoms with van der Waals surface area (Å²) in [5, 5.41) is 0. The number of Topliss-reactive ketones (excluding diaryl/α,β-unsaturated/α-hetero) is 1. The number of rotatable bonds is 4. The summed E-state index contributed by atoms with van der Waals surface area (Å²) in [6.45, 7) is 3.36. The molecule has 1 saturated heterocycles. The molecule has 1 aliphatic heterocycles. The van der Waals surface area contributed by atoms with E-state index in [0.717, 1.165) is 23.9 Å². The molecule has 0 spiro atoms. The summed E-state index contributed by atoms with van der Waals surface area (Å²) in [7, 11) is 0. The van der Waals surface area contributed by atoms with Crippen LogP contribution < -0.4 is 0 Å². The van der Waals surface area contributed by atoms with E-state index >= 15 is 0 Å². The van der Waals surface area contributed by atoms with Crippen molar-refractivity contribution in [3.63, 3.8) is 0 Å². The molecule has 1 aromatic carbocycles. The largest absolute Gasteiger partial charge is 0.303 e. The fourth-order valence-electron chi connectivity index (χ4n) is 3.66. The van der Waals surface area contributed by atoms with E-state index in [2.05, 4.69) is 4.90 Å². The minimum Gasteiger partial charge on any atom is -0.303 e. The quantitative estimate of drug-likeness (QED) is 0.771. The molecule has 2 atom stereocenters. The van der Waals surface area contributed by atoms with Crippen LogP contribution in [0.15, 0.2) is 30.3 Å². The zero-order chi connectivity index (χ0) is 13.1. The van der Waals surface area contributed by atoms with Gasteiger partial charge in [-0.05, 0) is 37.6 Å². The lowest BCUT2D eigenvalue weighted by Crippen LogP contribution is -2.31. The number of nitrogens with zero attached hydrogens (tertiary/aromatic N) is 1. The van der Waals surface area contributed by atoms with Gasteiger partial charge in [0.25, 0.3) is 0 Å². The van der Waals surface area contributed by atoms with E-state index in [4.69, 9.17) is 0 Å². The lowest BCUT2D eigenvalue weighted by Gasteiger charge is -2.24. The average Bonchev–Trinajstić information content (AvgIpc) is 2.78. The number of ketones is 1. The third-order valence-corrected chi connectivity index (χ3v) is 4.77. The maximum Gasteiger partial charge on any atom is 0.164 e. The molecular formula is C17H23NO.